The van der Waals surface area contributed by atoms with Gasteiger partial charge in [0.1, 0.15) is 0 Å². The maximum Gasteiger partial charge on any atom is 0.261 e. The maximum atomic E-state index is 13.5. The quantitative estimate of drug-likeness (QED) is 0.628. The Morgan fingerprint density at radius 3 is 2.32 bits per heavy atom. The van der Waals surface area contributed by atoms with E-state index in [4.69, 9.17) is 0 Å². The number of nitrogens with one attached hydrogen (secondary N) is 1. The lowest BCUT2D eigenvalue weighted by molar-refractivity contribution is 0.0642. The van der Waals surface area contributed by atoms with Crippen LogP contribution in [-0.2, 0) is 6.54 Å². The molecular formula is C24H18F2N2O3. The number of benzene rings is 3. The predicted molar refractivity (Wildman–Crippen MR) is 109 cm³/mol. The molecule has 1 unspecified atom stereocenters. The minimum atomic E-state index is -1.00. The summed E-state index contributed by atoms with van der Waals surface area (Å²) in [7, 11) is 0. The van der Waals surface area contributed by atoms with E-state index in [-0.39, 0.29) is 23.2 Å². The Bertz CT molecular complexity index is 1190. The van der Waals surface area contributed by atoms with E-state index in [1.807, 2.05) is 30.3 Å². The fourth-order valence-electron chi connectivity index (χ4n) is 3.49. The number of nitrogens with zero attached hydrogens (tertiary/aromatic N) is 1. The van der Waals surface area contributed by atoms with Gasteiger partial charge in [-0.3, -0.25) is 19.3 Å². The lowest BCUT2D eigenvalue weighted by Crippen LogP contribution is -2.29. The summed E-state index contributed by atoms with van der Waals surface area (Å²) in [6, 6.07) is 16.2. The third kappa shape index (κ3) is 3.94. The lowest BCUT2D eigenvalue weighted by Gasteiger charge is -2.15. The highest BCUT2D eigenvalue weighted by molar-refractivity contribution is 6.22. The van der Waals surface area contributed by atoms with Gasteiger partial charge in [0.2, 0.25) is 0 Å². The van der Waals surface area contributed by atoms with Crippen LogP contribution in [0.1, 0.15) is 55.2 Å². The molecule has 0 bridgehead atoms. The number of amides is 3. The van der Waals surface area contributed by atoms with E-state index in [0.717, 1.165) is 22.6 Å². The summed E-state index contributed by atoms with van der Waals surface area (Å²) < 4.78 is 26.6. The van der Waals surface area contributed by atoms with Crippen molar-refractivity contribution in [1.29, 1.82) is 0 Å². The molecule has 31 heavy (non-hydrogen) atoms. The Hall–Kier alpha value is -3.87. The summed E-state index contributed by atoms with van der Waals surface area (Å²) in [6.45, 7) is 1.77. The average molecular weight is 420 g/mol. The van der Waals surface area contributed by atoms with Gasteiger partial charge in [-0.2, -0.15) is 0 Å². The second-order valence-electron chi connectivity index (χ2n) is 7.31. The van der Waals surface area contributed by atoms with Crippen LogP contribution in [0.15, 0.2) is 66.7 Å². The number of hydrogen-bond donors (Lipinski definition) is 1. The van der Waals surface area contributed by atoms with Crippen molar-refractivity contribution in [3.8, 4) is 0 Å². The van der Waals surface area contributed by atoms with Crippen molar-refractivity contribution in [2.75, 3.05) is 0 Å². The second-order valence-corrected chi connectivity index (χ2v) is 7.31. The van der Waals surface area contributed by atoms with Crippen molar-refractivity contribution in [2.45, 2.75) is 19.5 Å². The van der Waals surface area contributed by atoms with E-state index in [2.05, 4.69) is 5.32 Å². The molecule has 5 nitrogen and oxygen atoms in total. The van der Waals surface area contributed by atoms with Crippen LogP contribution in [-0.4, -0.2) is 22.6 Å². The standard InChI is InChI=1S/C24H18F2N2O3/c1-14(16-8-10-20(25)21(26)12-16)27-22(29)17-7-9-18-19(11-17)24(31)28(23(18)30)13-15-5-3-2-4-6-15/h2-12,14H,13H2,1H3,(H,27,29). The summed E-state index contributed by atoms with van der Waals surface area (Å²) in [5.74, 6) is -3.34. The van der Waals surface area contributed by atoms with Gasteiger partial charge in [-0.15, -0.1) is 0 Å². The van der Waals surface area contributed by atoms with Gasteiger partial charge in [0.05, 0.1) is 23.7 Å². The Morgan fingerprint density at radius 2 is 1.61 bits per heavy atom. The van der Waals surface area contributed by atoms with Crippen molar-refractivity contribution in [3.05, 3.63) is 106 Å². The topological polar surface area (TPSA) is 66.5 Å². The molecule has 1 N–H and O–H groups in total. The van der Waals surface area contributed by atoms with Crippen LogP contribution in [0, 0.1) is 11.6 Å². The van der Waals surface area contributed by atoms with E-state index in [1.165, 1.54) is 24.3 Å². The minimum Gasteiger partial charge on any atom is -0.346 e. The molecule has 3 amide bonds. The van der Waals surface area contributed by atoms with Crippen molar-refractivity contribution in [3.63, 3.8) is 0 Å². The van der Waals surface area contributed by atoms with Gasteiger partial charge in [0.15, 0.2) is 11.6 Å². The van der Waals surface area contributed by atoms with Crippen LogP contribution in [0.2, 0.25) is 0 Å². The molecule has 0 saturated heterocycles. The van der Waals surface area contributed by atoms with Crippen molar-refractivity contribution < 1.29 is 23.2 Å². The van der Waals surface area contributed by atoms with Crippen molar-refractivity contribution >= 4 is 17.7 Å². The van der Waals surface area contributed by atoms with Gasteiger partial charge in [-0.05, 0) is 48.4 Å². The number of halogens is 2. The van der Waals surface area contributed by atoms with Crippen molar-refractivity contribution in [1.82, 2.24) is 10.2 Å². The Balaban J connectivity index is 1.52. The molecule has 156 valence electrons. The van der Waals surface area contributed by atoms with Crippen LogP contribution >= 0.6 is 0 Å². The summed E-state index contributed by atoms with van der Waals surface area (Å²) >= 11 is 0. The molecule has 3 aromatic carbocycles. The number of rotatable bonds is 5. The third-order valence-corrected chi connectivity index (χ3v) is 5.21. The first-order valence-corrected chi connectivity index (χ1v) is 9.65. The Labute approximate surface area is 177 Å². The molecule has 7 heteroatoms. The Morgan fingerprint density at radius 1 is 0.903 bits per heavy atom. The monoisotopic (exact) mass is 420 g/mol. The molecule has 0 aromatic heterocycles. The molecule has 0 radical (unpaired) electrons. The summed E-state index contributed by atoms with van der Waals surface area (Å²) in [4.78, 5) is 39.2. The zero-order valence-electron chi connectivity index (χ0n) is 16.6. The minimum absolute atomic E-state index is 0.141. The lowest BCUT2D eigenvalue weighted by atomic mass is 10.0. The molecule has 0 saturated carbocycles. The largest absolute Gasteiger partial charge is 0.346 e. The maximum absolute atomic E-state index is 13.5. The van der Waals surface area contributed by atoms with E-state index in [9.17, 15) is 23.2 Å². The zero-order chi connectivity index (χ0) is 22.1. The molecule has 0 aliphatic carbocycles. The number of carbonyl (C=O) groups excluding carboxylic acids is 3. The SMILES string of the molecule is CC(NC(=O)c1ccc2c(c1)C(=O)N(Cc1ccccc1)C2=O)c1ccc(F)c(F)c1. The van der Waals surface area contributed by atoms with Crippen LogP contribution in [0.25, 0.3) is 0 Å². The summed E-state index contributed by atoms with van der Waals surface area (Å²) in [5.41, 5.74) is 1.81. The average Bonchev–Trinajstić information content (AvgIpc) is 3.00. The molecule has 3 aromatic rings. The van der Waals surface area contributed by atoms with Crippen LogP contribution in [0.5, 0.6) is 0 Å². The predicted octanol–water partition coefficient (Wildman–Crippen LogP) is 4.25. The van der Waals surface area contributed by atoms with Crippen molar-refractivity contribution in [2.24, 2.45) is 0 Å². The van der Waals surface area contributed by atoms with E-state index in [0.29, 0.717) is 5.56 Å². The fraction of sp³-hybridized carbons (Fsp3) is 0.125. The molecule has 4 rings (SSSR count). The van der Waals surface area contributed by atoms with Crippen LogP contribution in [0.3, 0.4) is 0 Å². The van der Waals surface area contributed by atoms with Gasteiger partial charge >= 0.3 is 0 Å². The first kappa shape index (κ1) is 20.4. The molecule has 1 aliphatic rings. The van der Waals surface area contributed by atoms with Gasteiger partial charge in [-0.25, -0.2) is 8.78 Å². The molecule has 0 spiro atoms. The number of imide groups is 1. The van der Waals surface area contributed by atoms with E-state index in [1.54, 1.807) is 6.92 Å². The third-order valence-electron chi connectivity index (χ3n) is 5.21. The second kappa shape index (κ2) is 8.10. The molecular weight excluding hydrogens is 402 g/mol. The van der Waals surface area contributed by atoms with Gasteiger partial charge in [-0.1, -0.05) is 36.4 Å². The van der Waals surface area contributed by atoms with E-state index >= 15 is 0 Å². The highest BCUT2D eigenvalue weighted by atomic mass is 19.2. The number of carbonyl (C=O) groups is 3. The van der Waals surface area contributed by atoms with Gasteiger partial charge in [0, 0.05) is 5.56 Å². The highest BCUT2D eigenvalue weighted by Gasteiger charge is 2.36. The summed E-state index contributed by atoms with van der Waals surface area (Å²) in [5, 5.41) is 2.69. The van der Waals surface area contributed by atoms with Crippen LogP contribution in [0.4, 0.5) is 8.78 Å². The number of hydrogen-bond acceptors (Lipinski definition) is 3. The molecule has 0 fully saturated rings. The first-order valence-electron chi connectivity index (χ1n) is 9.65. The van der Waals surface area contributed by atoms with E-state index < -0.39 is 35.4 Å². The molecule has 1 aliphatic heterocycles. The van der Waals surface area contributed by atoms with Gasteiger partial charge in [0.25, 0.3) is 17.7 Å². The first-order chi connectivity index (χ1) is 14.8. The Kier molecular flexibility index (Phi) is 5.33. The molecule has 1 atom stereocenters. The smallest absolute Gasteiger partial charge is 0.261 e. The zero-order valence-corrected chi connectivity index (χ0v) is 16.6. The summed E-state index contributed by atoms with van der Waals surface area (Å²) in [6.07, 6.45) is 0. The number of fused-ring (bicyclic) bond motifs is 1. The fourth-order valence-corrected chi connectivity index (χ4v) is 3.49. The molecule has 1 heterocycles. The van der Waals surface area contributed by atoms with Crippen LogP contribution < -0.4 is 5.32 Å². The normalized spacial score (nSPS) is 13.8. The highest BCUT2D eigenvalue weighted by Crippen LogP contribution is 2.26. The van der Waals surface area contributed by atoms with Gasteiger partial charge < -0.3 is 5.32 Å².